The van der Waals surface area contributed by atoms with E-state index < -0.39 is 11.9 Å². The smallest absolute Gasteiger partial charge is 0.352 e. The third kappa shape index (κ3) is 5.38. The number of carboxylic acid groups (broad SMARTS) is 1. The van der Waals surface area contributed by atoms with Crippen LogP contribution < -0.4 is 10.1 Å². The Kier molecular flexibility index (Phi) is 6.36. The summed E-state index contributed by atoms with van der Waals surface area (Å²) in [5.74, 6) is -1.11. The second-order valence-corrected chi connectivity index (χ2v) is 6.24. The third-order valence-electron chi connectivity index (χ3n) is 3.07. The lowest BCUT2D eigenvalue weighted by Crippen LogP contribution is -2.24. The van der Waals surface area contributed by atoms with E-state index in [0.29, 0.717) is 17.9 Å². The van der Waals surface area contributed by atoms with Crippen molar-refractivity contribution in [2.75, 3.05) is 0 Å². The Labute approximate surface area is 153 Å². The molecule has 5 nitrogen and oxygen atoms in total. The van der Waals surface area contributed by atoms with Gasteiger partial charge >= 0.3 is 5.97 Å². The Morgan fingerprint density at radius 1 is 1.17 bits per heavy atom. The van der Waals surface area contributed by atoms with Gasteiger partial charge in [-0.2, -0.15) is 0 Å². The van der Waals surface area contributed by atoms with Gasteiger partial charge in [-0.1, -0.05) is 30.3 Å². The van der Waals surface area contributed by atoms with E-state index in [1.165, 1.54) is 13.0 Å². The third-order valence-corrected chi connectivity index (χ3v) is 3.79. The van der Waals surface area contributed by atoms with E-state index in [9.17, 15) is 14.7 Å². The predicted molar refractivity (Wildman–Crippen MR) is 99.4 cm³/mol. The molecule has 2 N–H and O–H groups in total. The van der Waals surface area contributed by atoms with E-state index in [4.69, 9.17) is 4.74 Å². The highest BCUT2D eigenvalue weighted by Crippen LogP contribution is 2.22. The van der Waals surface area contributed by atoms with Crippen molar-refractivity contribution in [1.82, 2.24) is 5.32 Å². The van der Waals surface area contributed by atoms with E-state index in [1.807, 2.05) is 24.3 Å². The number of ether oxygens (including phenoxy) is 1. The number of hydrogen-bond acceptors (Lipinski definition) is 3. The largest absolute Gasteiger partial charge is 0.488 e. The molecule has 0 fully saturated rings. The van der Waals surface area contributed by atoms with Crippen LogP contribution in [0.1, 0.15) is 18.1 Å². The molecule has 0 atom stereocenters. The van der Waals surface area contributed by atoms with Crippen LogP contribution in [-0.4, -0.2) is 17.0 Å². The highest BCUT2D eigenvalue weighted by atomic mass is 127. The van der Waals surface area contributed by atoms with Crippen molar-refractivity contribution in [2.24, 2.45) is 0 Å². The molecule has 0 aliphatic rings. The van der Waals surface area contributed by atoms with Gasteiger partial charge in [0.25, 0.3) is 0 Å². The summed E-state index contributed by atoms with van der Waals surface area (Å²) in [7, 11) is 0. The first-order chi connectivity index (χ1) is 11.5. The first-order valence-electron chi connectivity index (χ1n) is 7.14. The molecule has 0 unspecified atom stereocenters. The average Bonchev–Trinajstić information content (AvgIpc) is 2.54. The SMILES string of the molecule is CC(=O)NC(=Cc1ccccc1OCc1ccc(I)cc1)C(=O)O. The van der Waals surface area contributed by atoms with Gasteiger partial charge in [0.1, 0.15) is 18.1 Å². The van der Waals surface area contributed by atoms with E-state index in [2.05, 4.69) is 27.9 Å². The fourth-order valence-corrected chi connectivity index (χ4v) is 2.33. The van der Waals surface area contributed by atoms with E-state index in [0.717, 1.165) is 9.13 Å². The summed E-state index contributed by atoms with van der Waals surface area (Å²) >= 11 is 2.23. The van der Waals surface area contributed by atoms with Crippen molar-refractivity contribution in [2.45, 2.75) is 13.5 Å². The van der Waals surface area contributed by atoms with Gasteiger partial charge in [-0.15, -0.1) is 0 Å². The molecule has 24 heavy (non-hydrogen) atoms. The number of amides is 1. The molecule has 0 aliphatic heterocycles. The van der Waals surface area contributed by atoms with Gasteiger partial charge in [-0.3, -0.25) is 4.79 Å². The van der Waals surface area contributed by atoms with Gasteiger partial charge < -0.3 is 15.2 Å². The van der Waals surface area contributed by atoms with Crippen molar-refractivity contribution < 1.29 is 19.4 Å². The van der Waals surface area contributed by atoms with Crippen LogP contribution in [0.2, 0.25) is 0 Å². The molecule has 0 aliphatic carbocycles. The first-order valence-corrected chi connectivity index (χ1v) is 8.22. The summed E-state index contributed by atoms with van der Waals surface area (Å²) in [6.45, 7) is 1.63. The van der Waals surface area contributed by atoms with Crippen LogP contribution in [0.25, 0.3) is 6.08 Å². The molecule has 1 amide bonds. The number of nitrogens with one attached hydrogen (secondary N) is 1. The maximum Gasteiger partial charge on any atom is 0.352 e. The number of para-hydroxylation sites is 1. The Morgan fingerprint density at radius 3 is 2.46 bits per heavy atom. The highest BCUT2D eigenvalue weighted by Gasteiger charge is 2.11. The van der Waals surface area contributed by atoms with Crippen molar-refractivity contribution in [3.63, 3.8) is 0 Å². The van der Waals surface area contributed by atoms with E-state index >= 15 is 0 Å². The minimum absolute atomic E-state index is 0.201. The number of carboxylic acids is 1. The van der Waals surface area contributed by atoms with Gasteiger partial charge in [0.05, 0.1) is 0 Å². The molecule has 2 aromatic rings. The zero-order chi connectivity index (χ0) is 17.5. The van der Waals surface area contributed by atoms with Crippen LogP contribution in [0, 0.1) is 3.57 Å². The average molecular weight is 437 g/mol. The van der Waals surface area contributed by atoms with Crippen LogP contribution in [0.3, 0.4) is 0 Å². The molecule has 0 radical (unpaired) electrons. The number of carbonyl (C=O) groups excluding carboxylic acids is 1. The summed E-state index contributed by atoms with van der Waals surface area (Å²) in [5.41, 5.74) is 1.39. The number of halogens is 1. The number of rotatable bonds is 6. The molecule has 0 saturated carbocycles. The van der Waals surface area contributed by atoms with Crippen LogP contribution in [-0.2, 0) is 16.2 Å². The Bertz CT molecular complexity index is 769. The Hall–Kier alpha value is -2.35. The number of aliphatic carboxylic acids is 1. The first kappa shape index (κ1) is 18.0. The van der Waals surface area contributed by atoms with Gasteiger partial charge in [-0.05, 0) is 52.4 Å². The van der Waals surface area contributed by atoms with Gasteiger partial charge in [-0.25, -0.2) is 4.79 Å². The normalized spacial score (nSPS) is 11.0. The maximum absolute atomic E-state index is 11.2. The predicted octanol–water partition coefficient (Wildman–Crippen LogP) is 3.43. The molecular weight excluding hydrogens is 421 g/mol. The van der Waals surface area contributed by atoms with Crippen molar-refractivity contribution >= 4 is 40.5 Å². The summed E-state index contributed by atoms with van der Waals surface area (Å²) in [6, 6.07) is 15.0. The summed E-state index contributed by atoms with van der Waals surface area (Å²) in [6.07, 6.45) is 1.38. The molecule has 2 rings (SSSR count). The lowest BCUT2D eigenvalue weighted by Gasteiger charge is -2.10. The lowest BCUT2D eigenvalue weighted by molar-refractivity contribution is -0.134. The molecule has 6 heteroatoms. The summed E-state index contributed by atoms with van der Waals surface area (Å²) in [4.78, 5) is 22.4. The van der Waals surface area contributed by atoms with Crippen molar-refractivity contribution in [3.05, 3.63) is 68.9 Å². The second kappa shape index (κ2) is 8.49. The minimum atomic E-state index is -1.21. The monoisotopic (exact) mass is 437 g/mol. The van der Waals surface area contributed by atoms with Crippen molar-refractivity contribution in [3.8, 4) is 5.75 Å². The number of benzene rings is 2. The Morgan fingerprint density at radius 2 is 1.83 bits per heavy atom. The zero-order valence-electron chi connectivity index (χ0n) is 13.0. The van der Waals surface area contributed by atoms with Crippen LogP contribution in [0.4, 0.5) is 0 Å². The fourth-order valence-electron chi connectivity index (χ4n) is 1.97. The zero-order valence-corrected chi connectivity index (χ0v) is 15.1. The lowest BCUT2D eigenvalue weighted by atomic mass is 10.1. The summed E-state index contributed by atoms with van der Waals surface area (Å²) < 4.78 is 6.94. The quantitative estimate of drug-likeness (QED) is 0.537. The van der Waals surface area contributed by atoms with Gasteiger partial charge in [0, 0.05) is 16.1 Å². The number of hydrogen-bond donors (Lipinski definition) is 2. The van der Waals surface area contributed by atoms with Crippen molar-refractivity contribution in [1.29, 1.82) is 0 Å². The molecular formula is C18H16INO4. The van der Waals surface area contributed by atoms with E-state index in [1.54, 1.807) is 24.3 Å². The topological polar surface area (TPSA) is 75.6 Å². The van der Waals surface area contributed by atoms with Gasteiger partial charge in [0.15, 0.2) is 0 Å². The van der Waals surface area contributed by atoms with Crippen LogP contribution in [0.15, 0.2) is 54.2 Å². The molecule has 0 spiro atoms. The van der Waals surface area contributed by atoms with Crippen LogP contribution in [0.5, 0.6) is 5.75 Å². The van der Waals surface area contributed by atoms with Gasteiger partial charge in [0.2, 0.25) is 5.91 Å². The summed E-state index contributed by atoms with van der Waals surface area (Å²) in [5, 5.41) is 11.5. The fraction of sp³-hybridized carbons (Fsp3) is 0.111. The standard InChI is InChI=1S/C18H16INO4/c1-12(21)20-16(18(22)23)10-14-4-2-3-5-17(14)24-11-13-6-8-15(19)9-7-13/h2-10H,11H2,1H3,(H,20,21)(H,22,23). The second-order valence-electron chi connectivity index (χ2n) is 5.00. The highest BCUT2D eigenvalue weighted by molar-refractivity contribution is 14.1. The maximum atomic E-state index is 11.2. The Balaban J connectivity index is 2.21. The van der Waals surface area contributed by atoms with E-state index in [-0.39, 0.29) is 5.70 Å². The molecule has 0 bridgehead atoms. The molecule has 0 aromatic heterocycles. The minimum Gasteiger partial charge on any atom is -0.488 e. The number of carbonyl (C=O) groups is 2. The molecule has 0 saturated heterocycles. The molecule has 0 heterocycles. The molecule has 2 aromatic carbocycles. The molecule has 124 valence electrons. The van der Waals surface area contributed by atoms with Crippen LogP contribution >= 0.6 is 22.6 Å².